The molecule has 110 valence electrons. The molecule has 6 heteroatoms. The Morgan fingerprint density at radius 1 is 1.10 bits per heavy atom. The average molecular weight is 325 g/mol. The summed E-state index contributed by atoms with van der Waals surface area (Å²) >= 11 is 5.91. The highest BCUT2D eigenvalue weighted by Gasteiger charge is 2.24. The van der Waals surface area contributed by atoms with Gasteiger partial charge in [-0.25, -0.2) is 8.42 Å². The highest BCUT2D eigenvalue weighted by atomic mass is 35.5. The Hall–Kier alpha value is -1.85. The van der Waals surface area contributed by atoms with Crippen molar-refractivity contribution in [2.75, 3.05) is 12.9 Å². The maximum atomic E-state index is 12.4. The van der Waals surface area contributed by atoms with Gasteiger partial charge >= 0.3 is 0 Å². The van der Waals surface area contributed by atoms with Crippen LogP contribution in [-0.4, -0.2) is 27.1 Å². The number of sulfone groups is 1. The highest BCUT2D eigenvalue weighted by molar-refractivity contribution is 7.92. The smallest absolute Gasteiger partial charge is 0.189 e. The van der Waals surface area contributed by atoms with Crippen LogP contribution in [0.3, 0.4) is 0 Å². The zero-order valence-electron chi connectivity index (χ0n) is 11.2. The molecule has 0 saturated carbocycles. The maximum absolute atomic E-state index is 12.4. The molecule has 0 aliphatic carbocycles. The molecule has 0 heterocycles. The number of ketones is 1. The molecule has 0 fully saturated rings. The summed E-state index contributed by atoms with van der Waals surface area (Å²) in [4.78, 5) is 12.1. The van der Waals surface area contributed by atoms with Gasteiger partial charge in [-0.15, -0.1) is 0 Å². The maximum Gasteiger partial charge on any atom is 0.189 e. The summed E-state index contributed by atoms with van der Waals surface area (Å²) in [5, 5.41) is 0.234. The number of carbonyl (C=O) groups is 1. The largest absolute Gasteiger partial charge is 0.495 e. The first-order chi connectivity index (χ1) is 9.95. The van der Waals surface area contributed by atoms with Crippen molar-refractivity contribution < 1.29 is 17.9 Å². The summed E-state index contributed by atoms with van der Waals surface area (Å²) in [6.07, 6.45) is 0. The summed E-state index contributed by atoms with van der Waals surface area (Å²) in [6, 6.07) is 12.5. The van der Waals surface area contributed by atoms with Gasteiger partial charge in [0.15, 0.2) is 15.6 Å². The molecule has 0 radical (unpaired) electrons. The van der Waals surface area contributed by atoms with Crippen molar-refractivity contribution in [3.05, 3.63) is 59.1 Å². The van der Waals surface area contributed by atoms with Crippen LogP contribution in [0.2, 0.25) is 5.02 Å². The molecule has 0 N–H and O–H groups in total. The molecule has 0 amide bonds. The summed E-state index contributed by atoms with van der Waals surface area (Å²) in [7, 11) is -2.42. The fraction of sp³-hybridized carbons (Fsp3) is 0.133. The zero-order valence-corrected chi connectivity index (χ0v) is 12.8. The van der Waals surface area contributed by atoms with Gasteiger partial charge in [-0.2, -0.15) is 0 Å². The van der Waals surface area contributed by atoms with Crippen molar-refractivity contribution in [1.82, 2.24) is 0 Å². The van der Waals surface area contributed by atoms with Crippen LogP contribution in [0.5, 0.6) is 5.75 Å². The van der Waals surface area contributed by atoms with Gasteiger partial charge in [0.1, 0.15) is 16.4 Å². The first-order valence-corrected chi connectivity index (χ1v) is 8.12. The predicted octanol–water partition coefficient (Wildman–Crippen LogP) is 3.01. The third-order valence-corrected chi connectivity index (χ3v) is 4.88. The van der Waals surface area contributed by atoms with E-state index in [0.29, 0.717) is 0 Å². The quantitative estimate of drug-likeness (QED) is 0.793. The second-order valence-electron chi connectivity index (χ2n) is 4.31. The Labute approximate surface area is 128 Å². The van der Waals surface area contributed by atoms with Crippen LogP contribution in [0.4, 0.5) is 0 Å². The van der Waals surface area contributed by atoms with E-state index < -0.39 is 21.4 Å². The van der Waals surface area contributed by atoms with E-state index in [-0.39, 0.29) is 21.2 Å². The summed E-state index contributed by atoms with van der Waals surface area (Å²) < 4.78 is 29.8. The molecule has 0 atom stereocenters. The highest BCUT2D eigenvalue weighted by Crippen LogP contribution is 2.25. The Bertz CT molecular complexity index is 769. The topological polar surface area (TPSA) is 60.4 Å². The van der Waals surface area contributed by atoms with Crippen LogP contribution in [-0.2, 0) is 9.84 Å². The van der Waals surface area contributed by atoms with Crippen molar-refractivity contribution in [2.24, 2.45) is 0 Å². The first kappa shape index (κ1) is 15.5. The number of halogens is 1. The molecule has 21 heavy (non-hydrogen) atoms. The number of rotatable bonds is 5. The SMILES string of the molecule is COc1ccccc1S(=O)(=O)CC(=O)c1ccccc1Cl. The summed E-state index contributed by atoms with van der Waals surface area (Å²) in [5.74, 6) is -0.993. The van der Waals surface area contributed by atoms with E-state index in [9.17, 15) is 13.2 Å². The zero-order chi connectivity index (χ0) is 15.5. The second kappa shape index (κ2) is 6.28. The Morgan fingerprint density at radius 2 is 1.71 bits per heavy atom. The number of carbonyl (C=O) groups excluding carboxylic acids is 1. The minimum Gasteiger partial charge on any atom is -0.495 e. The molecule has 2 rings (SSSR count). The van der Waals surface area contributed by atoms with Gasteiger partial charge in [0.2, 0.25) is 0 Å². The van der Waals surface area contributed by atoms with E-state index >= 15 is 0 Å². The fourth-order valence-electron chi connectivity index (χ4n) is 1.89. The third-order valence-electron chi connectivity index (χ3n) is 2.90. The number of methoxy groups -OCH3 is 1. The molecule has 0 spiro atoms. The Morgan fingerprint density at radius 3 is 2.38 bits per heavy atom. The van der Waals surface area contributed by atoms with Gasteiger partial charge in [-0.1, -0.05) is 35.9 Å². The molecule has 0 bridgehead atoms. The summed E-state index contributed by atoms with van der Waals surface area (Å²) in [5.41, 5.74) is 0.192. The number of hydrogen-bond acceptors (Lipinski definition) is 4. The molecular weight excluding hydrogens is 312 g/mol. The minimum absolute atomic E-state index is 0.00657. The third kappa shape index (κ3) is 3.43. The lowest BCUT2D eigenvalue weighted by atomic mass is 10.1. The summed E-state index contributed by atoms with van der Waals surface area (Å²) in [6.45, 7) is 0. The number of ether oxygens (including phenoxy) is 1. The fourth-order valence-corrected chi connectivity index (χ4v) is 3.53. The van der Waals surface area contributed by atoms with E-state index in [1.807, 2.05) is 0 Å². The molecule has 0 aliphatic heterocycles. The van der Waals surface area contributed by atoms with Gasteiger partial charge < -0.3 is 4.74 Å². The number of benzene rings is 2. The molecular formula is C15H13ClO4S. The molecule has 2 aromatic carbocycles. The van der Waals surface area contributed by atoms with Crippen molar-refractivity contribution in [2.45, 2.75) is 4.90 Å². The molecule has 0 aliphatic rings. The lowest BCUT2D eigenvalue weighted by molar-refractivity contribution is 0.102. The van der Waals surface area contributed by atoms with Crippen LogP contribution >= 0.6 is 11.6 Å². The normalized spacial score (nSPS) is 11.1. The van der Waals surface area contributed by atoms with Gasteiger partial charge in [0, 0.05) is 5.56 Å². The van der Waals surface area contributed by atoms with E-state index in [1.54, 1.807) is 30.3 Å². The van der Waals surface area contributed by atoms with E-state index in [4.69, 9.17) is 16.3 Å². The Balaban J connectivity index is 2.34. The van der Waals surface area contributed by atoms with Crippen molar-refractivity contribution >= 4 is 27.2 Å². The average Bonchev–Trinajstić information content (AvgIpc) is 2.47. The number of hydrogen-bond donors (Lipinski definition) is 0. The standard InChI is InChI=1S/C15H13ClO4S/c1-20-14-8-4-5-9-15(14)21(18,19)10-13(17)11-6-2-3-7-12(11)16/h2-9H,10H2,1H3. The van der Waals surface area contributed by atoms with Gasteiger partial charge in [-0.3, -0.25) is 4.79 Å². The van der Waals surface area contributed by atoms with Crippen molar-refractivity contribution in [1.29, 1.82) is 0 Å². The molecule has 2 aromatic rings. The van der Waals surface area contributed by atoms with E-state index in [2.05, 4.69) is 0 Å². The lowest BCUT2D eigenvalue weighted by Crippen LogP contribution is -2.17. The van der Waals surface area contributed by atoms with Gasteiger partial charge in [0.05, 0.1) is 12.1 Å². The second-order valence-corrected chi connectivity index (χ2v) is 6.68. The van der Waals surface area contributed by atoms with E-state index in [1.165, 1.54) is 25.3 Å². The molecule has 4 nitrogen and oxygen atoms in total. The predicted molar refractivity (Wildman–Crippen MR) is 80.8 cm³/mol. The Kier molecular flexibility index (Phi) is 4.65. The van der Waals surface area contributed by atoms with E-state index in [0.717, 1.165) is 0 Å². The molecule has 0 unspecified atom stereocenters. The molecule has 0 aromatic heterocycles. The van der Waals surface area contributed by atoms with Gasteiger partial charge in [0.25, 0.3) is 0 Å². The van der Waals surface area contributed by atoms with Crippen LogP contribution in [0.1, 0.15) is 10.4 Å². The number of Topliss-reactive ketones (excluding diaryl/α,β-unsaturated/α-hetero) is 1. The first-order valence-electron chi connectivity index (χ1n) is 6.09. The lowest BCUT2D eigenvalue weighted by Gasteiger charge is -2.09. The monoisotopic (exact) mass is 324 g/mol. The van der Waals surface area contributed by atoms with Crippen molar-refractivity contribution in [3.8, 4) is 5.75 Å². The van der Waals surface area contributed by atoms with Crippen LogP contribution < -0.4 is 4.74 Å². The van der Waals surface area contributed by atoms with Crippen molar-refractivity contribution in [3.63, 3.8) is 0 Å². The van der Waals surface area contributed by atoms with Crippen LogP contribution in [0.25, 0.3) is 0 Å². The van der Waals surface area contributed by atoms with Crippen LogP contribution in [0.15, 0.2) is 53.4 Å². The minimum atomic E-state index is -3.80. The molecule has 0 saturated heterocycles. The number of para-hydroxylation sites is 1. The van der Waals surface area contributed by atoms with Crippen LogP contribution in [0, 0.1) is 0 Å². The van der Waals surface area contributed by atoms with Gasteiger partial charge in [-0.05, 0) is 24.3 Å².